The summed E-state index contributed by atoms with van der Waals surface area (Å²) in [7, 11) is 0. The number of amides is 2. The van der Waals surface area contributed by atoms with Gasteiger partial charge >= 0.3 is 6.09 Å². The number of nitrogens with zero attached hydrogens (tertiary/aromatic N) is 2. The van der Waals surface area contributed by atoms with Crippen molar-refractivity contribution >= 4 is 24.2 Å². The summed E-state index contributed by atoms with van der Waals surface area (Å²) in [6, 6.07) is 7.80. The van der Waals surface area contributed by atoms with Crippen LogP contribution in [0.5, 0.6) is 0 Å². The monoisotopic (exact) mass is 502 g/mol. The van der Waals surface area contributed by atoms with Crippen molar-refractivity contribution in [2.75, 3.05) is 13.1 Å². The van der Waals surface area contributed by atoms with Crippen molar-refractivity contribution in [3.63, 3.8) is 0 Å². The van der Waals surface area contributed by atoms with Gasteiger partial charge in [0.15, 0.2) is 5.96 Å². The van der Waals surface area contributed by atoms with Crippen LogP contribution < -0.4 is 22.1 Å². The fraction of sp³-hybridized carbons (Fsp3) is 0.615. The Balaban J connectivity index is 2.23. The second-order valence-electron chi connectivity index (χ2n) is 9.91. The third-order valence-corrected chi connectivity index (χ3v) is 6.32. The third-order valence-electron chi connectivity index (χ3n) is 6.32. The Kier molecular flexibility index (Phi) is 11.7. The van der Waals surface area contributed by atoms with E-state index < -0.39 is 23.8 Å². The number of aliphatic imine (C=N–C) groups is 1. The van der Waals surface area contributed by atoms with Gasteiger partial charge in [-0.3, -0.25) is 15.1 Å². The van der Waals surface area contributed by atoms with Gasteiger partial charge in [-0.2, -0.15) is 0 Å². The summed E-state index contributed by atoms with van der Waals surface area (Å²) in [6.45, 7) is 7.10. The van der Waals surface area contributed by atoms with Crippen LogP contribution in [0.15, 0.2) is 35.3 Å². The van der Waals surface area contributed by atoms with Crippen molar-refractivity contribution in [3.05, 3.63) is 35.9 Å². The Bertz CT molecular complexity index is 866. The highest BCUT2D eigenvalue weighted by Crippen LogP contribution is 2.28. The smallest absolute Gasteiger partial charge is 0.408 e. The minimum absolute atomic E-state index is 0.0123. The summed E-state index contributed by atoms with van der Waals surface area (Å²) in [5, 5.41) is 6.21. The number of nitrogens with two attached hydrogens (primary N) is 2. The fourth-order valence-electron chi connectivity index (χ4n) is 4.55. The number of hydrogen-bond donors (Lipinski definition) is 4. The normalized spacial score (nSPS) is 19.1. The molecule has 2 amide bonds. The van der Waals surface area contributed by atoms with E-state index in [1.54, 1.807) is 4.90 Å². The Labute approximate surface area is 214 Å². The lowest BCUT2D eigenvalue weighted by Gasteiger charge is -2.48. The molecule has 1 fully saturated rings. The minimum Gasteiger partial charge on any atom is -0.445 e. The van der Waals surface area contributed by atoms with E-state index in [0.717, 1.165) is 31.2 Å². The summed E-state index contributed by atoms with van der Waals surface area (Å²) in [6.07, 6.45) is 4.08. The first-order chi connectivity index (χ1) is 17.2. The molecule has 1 aliphatic rings. The zero-order valence-corrected chi connectivity index (χ0v) is 21.7. The summed E-state index contributed by atoms with van der Waals surface area (Å²) in [4.78, 5) is 44.6. The van der Waals surface area contributed by atoms with Crippen molar-refractivity contribution in [3.8, 4) is 0 Å². The highest BCUT2D eigenvalue weighted by atomic mass is 16.5. The van der Waals surface area contributed by atoms with E-state index in [1.807, 2.05) is 51.1 Å². The van der Waals surface area contributed by atoms with E-state index in [2.05, 4.69) is 15.6 Å². The molecule has 10 nitrogen and oxygen atoms in total. The number of ether oxygens (including phenoxy) is 1. The van der Waals surface area contributed by atoms with Crippen molar-refractivity contribution in [1.82, 2.24) is 15.5 Å². The van der Waals surface area contributed by atoms with Gasteiger partial charge in [-0.05, 0) is 63.5 Å². The van der Waals surface area contributed by atoms with Gasteiger partial charge in [0.2, 0.25) is 5.91 Å². The van der Waals surface area contributed by atoms with Gasteiger partial charge in [-0.15, -0.1) is 0 Å². The van der Waals surface area contributed by atoms with Gasteiger partial charge in [0.25, 0.3) is 0 Å². The zero-order valence-electron chi connectivity index (χ0n) is 21.7. The summed E-state index contributed by atoms with van der Waals surface area (Å²) in [5.74, 6) is -0.197. The lowest BCUT2D eigenvalue weighted by atomic mass is 9.92. The van der Waals surface area contributed by atoms with Crippen LogP contribution in [-0.4, -0.2) is 60.0 Å². The van der Waals surface area contributed by atoms with Crippen LogP contribution in [-0.2, 0) is 20.9 Å². The lowest BCUT2D eigenvalue weighted by Crippen LogP contribution is -2.67. The molecular weight excluding hydrogens is 460 g/mol. The Morgan fingerprint density at radius 2 is 1.97 bits per heavy atom. The number of benzene rings is 1. The Morgan fingerprint density at radius 3 is 2.56 bits per heavy atom. The topological polar surface area (TPSA) is 152 Å². The lowest BCUT2D eigenvalue weighted by molar-refractivity contribution is -0.149. The second kappa shape index (κ2) is 14.4. The van der Waals surface area contributed by atoms with E-state index in [9.17, 15) is 14.4 Å². The summed E-state index contributed by atoms with van der Waals surface area (Å²) in [5.41, 5.74) is 11.0. The molecule has 1 aromatic carbocycles. The molecule has 1 heterocycles. The van der Waals surface area contributed by atoms with Crippen molar-refractivity contribution in [1.29, 1.82) is 0 Å². The number of hydrogen-bond acceptors (Lipinski definition) is 6. The number of guanidine groups is 1. The molecule has 1 aliphatic heterocycles. The van der Waals surface area contributed by atoms with Crippen molar-refractivity contribution in [2.45, 2.75) is 83.6 Å². The van der Waals surface area contributed by atoms with Crippen LogP contribution in [0.1, 0.15) is 64.9 Å². The molecule has 0 bridgehead atoms. The van der Waals surface area contributed by atoms with Crippen LogP contribution in [0.2, 0.25) is 0 Å². The molecule has 200 valence electrons. The number of aldehydes is 1. The van der Waals surface area contributed by atoms with E-state index in [4.69, 9.17) is 16.2 Å². The molecule has 6 N–H and O–H groups in total. The Hall–Kier alpha value is -3.14. The van der Waals surface area contributed by atoms with Crippen LogP contribution in [0.25, 0.3) is 0 Å². The van der Waals surface area contributed by atoms with E-state index in [1.165, 1.54) is 0 Å². The molecule has 1 saturated heterocycles. The standard InChI is InChI=1S/C26H42N6O4/c1-19(2)16-22(31-25(35)36-18-20-10-5-4-6-11-20)23(34)32(26(3)13-7-8-15-30-26)21(17-33)12-9-14-29-24(27)28/h4-6,10-11,17,19,21-22,30H,7-9,12-16,18H2,1-3H3,(H,31,35)(H4,27,28,29)/t21-,22-,26?/m0/s1. The van der Waals surface area contributed by atoms with Crippen molar-refractivity contribution in [2.24, 2.45) is 22.4 Å². The van der Waals surface area contributed by atoms with Gasteiger partial charge in [-0.1, -0.05) is 44.2 Å². The summed E-state index contributed by atoms with van der Waals surface area (Å²) >= 11 is 0. The van der Waals surface area contributed by atoms with E-state index in [-0.39, 0.29) is 24.4 Å². The third kappa shape index (κ3) is 9.14. The maximum atomic E-state index is 14.0. The molecule has 10 heteroatoms. The van der Waals surface area contributed by atoms with Crippen LogP contribution in [0.3, 0.4) is 0 Å². The number of rotatable bonds is 13. The van der Waals surface area contributed by atoms with Gasteiger partial charge in [0.05, 0.1) is 11.7 Å². The molecule has 3 atom stereocenters. The SMILES string of the molecule is CC(C)C[C@H](NC(=O)OCc1ccccc1)C(=O)N([C@H](C=O)CCCN=C(N)N)C1(C)CCCCN1. The quantitative estimate of drug-likeness (QED) is 0.140. The molecule has 0 spiro atoms. The van der Waals surface area contributed by atoms with Gasteiger partial charge in [0.1, 0.15) is 18.9 Å². The van der Waals surface area contributed by atoms with E-state index >= 15 is 0 Å². The van der Waals surface area contributed by atoms with Crippen LogP contribution in [0, 0.1) is 5.92 Å². The average molecular weight is 503 g/mol. The average Bonchev–Trinajstić information content (AvgIpc) is 2.84. The first kappa shape index (κ1) is 29.1. The number of carbonyl (C=O) groups is 3. The number of nitrogens with one attached hydrogen (secondary N) is 2. The molecule has 0 saturated carbocycles. The molecular formula is C26H42N6O4. The van der Waals surface area contributed by atoms with Crippen molar-refractivity contribution < 1.29 is 19.1 Å². The zero-order chi connectivity index (χ0) is 26.6. The first-order valence-corrected chi connectivity index (χ1v) is 12.7. The first-order valence-electron chi connectivity index (χ1n) is 12.7. The molecule has 1 aromatic rings. The largest absolute Gasteiger partial charge is 0.445 e. The number of alkyl carbamates (subject to hydrolysis) is 1. The highest BCUT2D eigenvalue weighted by Gasteiger charge is 2.43. The predicted octanol–water partition coefficient (Wildman–Crippen LogP) is 2.27. The molecule has 0 aromatic heterocycles. The number of piperidine rings is 1. The molecule has 2 rings (SSSR count). The van der Waals surface area contributed by atoms with Gasteiger partial charge < -0.3 is 31.2 Å². The van der Waals surface area contributed by atoms with Gasteiger partial charge in [0, 0.05) is 6.54 Å². The Morgan fingerprint density at radius 1 is 1.25 bits per heavy atom. The predicted molar refractivity (Wildman–Crippen MR) is 140 cm³/mol. The van der Waals surface area contributed by atoms with Crippen LogP contribution in [0.4, 0.5) is 4.79 Å². The molecule has 36 heavy (non-hydrogen) atoms. The second-order valence-corrected chi connectivity index (χ2v) is 9.91. The van der Waals surface area contributed by atoms with Gasteiger partial charge in [-0.25, -0.2) is 4.79 Å². The minimum atomic E-state index is -0.839. The maximum absolute atomic E-state index is 14.0. The number of carbonyl (C=O) groups excluding carboxylic acids is 3. The molecule has 0 radical (unpaired) electrons. The van der Waals surface area contributed by atoms with E-state index in [0.29, 0.717) is 32.2 Å². The molecule has 0 aliphatic carbocycles. The fourth-order valence-corrected chi connectivity index (χ4v) is 4.55. The maximum Gasteiger partial charge on any atom is 0.408 e. The molecule has 1 unspecified atom stereocenters. The summed E-state index contributed by atoms with van der Waals surface area (Å²) < 4.78 is 5.38. The highest BCUT2D eigenvalue weighted by molar-refractivity contribution is 5.88. The van der Waals surface area contributed by atoms with Crippen LogP contribution >= 0.6 is 0 Å².